The summed E-state index contributed by atoms with van der Waals surface area (Å²) in [5.74, 6) is 0.873. The van der Waals surface area contributed by atoms with Crippen LogP contribution < -0.4 is 5.32 Å². The molecule has 3 heterocycles. The third-order valence-electron chi connectivity index (χ3n) is 4.21. The minimum atomic E-state index is -3.69. The number of halogens is 2. The fraction of sp³-hybridized carbons (Fsp3) is 0.235. The number of hydrogen-bond donors (Lipinski definition) is 1. The van der Waals surface area contributed by atoms with E-state index < -0.39 is 9.84 Å². The summed E-state index contributed by atoms with van der Waals surface area (Å²) in [6.07, 6.45) is 3.74. The molecular formula is C17H16Cl2N2O3S. The smallest absolute Gasteiger partial charge is 0.208 e. The summed E-state index contributed by atoms with van der Waals surface area (Å²) >= 11 is 6.31. The highest BCUT2D eigenvalue weighted by molar-refractivity contribution is 7.91. The monoisotopic (exact) mass is 398 g/mol. The average molecular weight is 399 g/mol. The lowest BCUT2D eigenvalue weighted by Gasteiger charge is -2.11. The summed E-state index contributed by atoms with van der Waals surface area (Å²) in [5.41, 5.74) is 2.32. The van der Waals surface area contributed by atoms with Gasteiger partial charge in [-0.05, 0) is 30.7 Å². The Hall–Kier alpha value is -1.60. The maximum Gasteiger partial charge on any atom is 0.208 e. The summed E-state index contributed by atoms with van der Waals surface area (Å²) < 4.78 is 31.7. The van der Waals surface area contributed by atoms with Gasteiger partial charge >= 0.3 is 0 Å². The third-order valence-corrected chi connectivity index (χ3v) is 6.19. The number of aryl methyl sites for hydroxylation is 1. The lowest BCUT2D eigenvalue weighted by Crippen LogP contribution is -2.22. The number of benzene rings is 1. The van der Waals surface area contributed by atoms with Crippen molar-refractivity contribution in [3.63, 3.8) is 0 Å². The Morgan fingerprint density at radius 2 is 2.00 bits per heavy atom. The summed E-state index contributed by atoms with van der Waals surface area (Å²) in [6, 6.07) is 4.70. The lowest BCUT2D eigenvalue weighted by molar-refractivity contribution is 0.500. The van der Waals surface area contributed by atoms with Crippen molar-refractivity contribution in [2.75, 3.05) is 6.54 Å². The molecule has 0 bridgehead atoms. The molecule has 0 unspecified atom stereocenters. The van der Waals surface area contributed by atoms with Gasteiger partial charge in [-0.3, -0.25) is 4.98 Å². The highest BCUT2D eigenvalue weighted by Crippen LogP contribution is 2.36. The number of pyridine rings is 1. The van der Waals surface area contributed by atoms with Crippen molar-refractivity contribution >= 4 is 44.8 Å². The zero-order valence-electron chi connectivity index (χ0n) is 13.4. The van der Waals surface area contributed by atoms with Gasteiger partial charge in [0.25, 0.3) is 0 Å². The van der Waals surface area contributed by atoms with Crippen LogP contribution in [-0.2, 0) is 22.8 Å². The van der Waals surface area contributed by atoms with E-state index in [4.69, 9.17) is 16.0 Å². The second kappa shape index (κ2) is 6.61. The number of furan rings is 1. The Kier molecular flexibility index (Phi) is 4.81. The summed E-state index contributed by atoms with van der Waals surface area (Å²) in [7, 11) is -3.69. The van der Waals surface area contributed by atoms with Crippen LogP contribution in [-0.4, -0.2) is 19.9 Å². The van der Waals surface area contributed by atoms with Gasteiger partial charge < -0.3 is 9.73 Å². The molecule has 4 rings (SSSR count). The largest absolute Gasteiger partial charge is 0.459 e. The Balaban J connectivity index is 0.00000182. The number of aromatic nitrogens is 1. The Morgan fingerprint density at radius 3 is 2.76 bits per heavy atom. The van der Waals surface area contributed by atoms with Crippen LogP contribution in [0.1, 0.15) is 16.9 Å². The molecule has 0 fully saturated rings. The van der Waals surface area contributed by atoms with Crippen molar-refractivity contribution in [2.24, 2.45) is 0 Å². The van der Waals surface area contributed by atoms with E-state index in [1.165, 1.54) is 12.3 Å². The first-order valence-electron chi connectivity index (χ1n) is 7.58. The van der Waals surface area contributed by atoms with Crippen LogP contribution >= 0.6 is 24.0 Å². The van der Waals surface area contributed by atoms with E-state index in [0.29, 0.717) is 17.2 Å². The van der Waals surface area contributed by atoms with Crippen molar-refractivity contribution in [1.29, 1.82) is 0 Å². The number of rotatable bonds is 2. The molecule has 0 radical (unpaired) electrons. The van der Waals surface area contributed by atoms with Gasteiger partial charge in [-0.2, -0.15) is 0 Å². The molecule has 1 N–H and O–H groups in total. The fourth-order valence-electron chi connectivity index (χ4n) is 3.01. The standard InChI is InChI=1S/C17H15ClN2O3S.ClH/c1-10-4-12(8-20-7-10)24(21,22)11-5-13-14-9-19-3-2-16(14)23-17(13)15(18)6-11;/h4-8,19H,2-3,9H2,1H3;1H. The minimum Gasteiger partial charge on any atom is -0.459 e. The highest BCUT2D eigenvalue weighted by Gasteiger charge is 2.24. The first kappa shape index (κ1) is 18.2. The quantitative estimate of drug-likeness (QED) is 0.712. The summed E-state index contributed by atoms with van der Waals surface area (Å²) in [5, 5.41) is 4.33. The van der Waals surface area contributed by atoms with Gasteiger partial charge in [-0.15, -0.1) is 12.4 Å². The van der Waals surface area contributed by atoms with Gasteiger partial charge in [0, 0.05) is 42.9 Å². The molecule has 0 saturated heterocycles. The van der Waals surface area contributed by atoms with E-state index in [2.05, 4.69) is 10.3 Å². The first-order valence-corrected chi connectivity index (χ1v) is 9.44. The van der Waals surface area contributed by atoms with Gasteiger partial charge in [0.2, 0.25) is 9.84 Å². The predicted octanol–water partition coefficient (Wildman–Crippen LogP) is 3.69. The molecule has 132 valence electrons. The van der Waals surface area contributed by atoms with E-state index >= 15 is 0 Å². The molecule has 5 nitrogen and oxygen atoms in total. The van der Waals surface area contributed by atoms with E-state index in [1.807, 2.05) is 0 Å². The Morgan fingerprint density at radius 1 is 1.20 bits per heavy atom. The van der Waals surface area contributed by atoms with Gasteiger partial charge in [0.15, 0.2) is 5.58 Å². The first-order chi connectivity index (χ1) is 11.5. The van der Waals surface area contributed by atoms with Crippen molar-refractivity contribution in [3.05, 3.63) is 52.5 Å². The second-order valence-corrected chi connectivity index (χ2v) is 8.27. The number of fused-ring (bicyclic) bond motifs is 3. The second-order valence-electron chi connectivity index (χ2n) is 5.91. The number of hydrogen-bond acceptors (Lipinski definition) is 5. The molecule has 0 amide bonds. The topological polar surface area (TPSA) is 72.2 Å². The molecule has 0 atom stereocenters. The van der Waals surface area contributed by atoms with Crippen LogP contribution in [0.3, 0.4) is 0 Å². The van der Waals surface area contributed by atoms with Crippen molar-refractivity contribution in [3.8, 4) is 0 Å². The highest BCUT2D eigenvalue weighted by atomic mass is 35.5. The molecular weight excluding hydrogens is 383 g/mol. The fourth-order valence-corrected chi connectivity index (χ4v) is 4.69. The molecule has 1 aromatic carbocycles. The van der Waals surface area contributed by atoms with Crippen LogP contribution in [0.4, 0.5) is 0 Å². The predicted molar refractivity (Wildman–Crippen MR) is 98.3 cm³/mol. The van der Waals surface area contributed by atoms with Crippen LogP contribution in [0.25, 0.3) is 11.0 Å². The molecule has 1 aliphatic heterocycles. The summed E-state index contributed by atoms with van der Waals surface area (Å²) in [6.45, 7) is 3.29. The molecule has 0 saturated carbocycles. The number of nitrogens with one attached hydrogen (secondary N) is 1. The van der Waals surface area contributed by atoms with Crippen LogP contribution in [0, 0.1) is 6.92 Å². The van der Waals surface area contributed by atoms with Gasteiger partial charge in [0.05, 0.1) is 14.8 Å². The van der Waals surface area contributed by atoms with Gasteiger partial charge in [0.1, 0.15) is 5.76 Å². The van der Waals surface area contributed by atoms with E-state index in [-0.39, 0.29) is 22.2 Å². The molecule has 2 aromatic heterocycles. The van der Waals surface area contributed by atoms with Crippen LogP contribution in [0.5, 0.6) is 0 Å². The van der Waals surface area contributed by atoms with Crippen molar-refractivity contribution < 1.29 is 12.8 Å². The van der Waals surface area contributed by atoms with E-state index in [1.54, 1.807) is 25.3 Å². The molecule has 1 aliphatic rings. The summed E-state index contributed by atoms with van der Waals surface area (Å²) in [4.78, 5) is 4.30. The Bertz CT molecular complexity index is 1060. The number of sulfone groups is 1. The molecule has 25 heavy (non-hydrogen) atoms. The zero-order valence-corrected chi connectivity index (χ0v) is 15.8. The minimum absolute atomic E-state index is 0. The molecule has 8 heteroatoms. The van der Waals surface area contributed by atoms with Gasteiger partial charge in [-0.25, -0.2) is 8.42 Å². The Labute approximate surface area is 156 Å². The molecule has 0 aliphatic carbocycles. The van der Waals surface area contributed by atoms with Crippen LogP contribution in [0.2, 0.25) is 5.02 Å². The van der Waals surface area contributed by atoms with Crippen molar-refractivity contribution in [1.82, 2.24) is 10.3 Å². The average Bonchev–Trinajstić information content (AvgIpc) is 2.94. The zero-order chi connectivity index (χ0) is 16.9. The lowest BCUT2D eigenvalue weighted by atomic mass is 10.1. The van der Waals surface area contributed by atoms with Gasteiger partial charge in [-0.1, -0.05) is 11.6 Å². The molecule has 3 aromatic rings. The molecule has 0 spiro atoms. The third kappa shape index (κ3) is 3.04. The van der Waals surface area contributed by atoms with E-state index in [0.717, 1.165) is 35.2 Å². The van der Waals surface area contributed by atoms with E-state index in [9.17, 15) is 8.42 Å². The SMILES string of the molecule is Cc1cncc(S(=O)(=O)c2cc(Cl)c3oc4c(c3c2)CNCC4)c1.Cl. The van der Waals surface area contributed by atoms with Crippen molar-refractivity contribution in [2.45, 2.75) is 29.7 Å². The van der Waals surface area contributed by atoms with Crippen LogP contribution in [0.15, 0.2) is 44.8 Å². The maximum absolute atomic E-state index is 12.9. The number of nitrogens with zero attached hydrogens (tertiary/aromatic N) is 1. The normalized spacial score (nSPS) is 14.2. The maximum atomic E-state index is 12.9.